The van der Waals surface area contributed by atoms with Crippen LogP contribution in [-0.2, 0) is 23.5 Å². The molecule has 3 heterocycles. The number of fused-ring (bicyclic) bond motifs is 2. The van der Waals surface area contributed by atoms with Crippen molar-refractivity contribution in [2.75, 3.05) is 12.4 Å². The second-order valence-corrected chi connectivity index (χ2v) is 11.1. The summed E-state index contributed by atoms with van der Waals surface area (Å²) in [5, 5.41) is 16.6. The number of anilines is 2. The summed E-state index contributed by atoms with van der Waals surface area (Å²) in [5.74, 6) is 0.0125. The van der Waals surface area contributed by atoms with Gasteiger partial charge in [-0.05, 0) is 57.7 Å². The van der Waals surface area contributed by atoms with Gasteiger partial charge < -0.3 is 20.5 Å². The Balaban J connectivity index is 1.64. The van der Waals surface area contributed by atoms with Crippen LogP contribution >= 0.6 is 0 Å². The number of halogens is 3. The zero-order valence-electron chi connectivity index (χ0n) is 25.8. The number of nitrogens with one attached hydrogen (secondary N) is 2. The fourth-order valence-corrected chi connectivity index (χ4v) is 5.56. The first-order valence-electron chi connectivity index (χ1n) is 14.3. The highest BCUT2D eigenvalue weighted by atomic mass is 19.4. The lowest BCUT2D eigenvalue weighted by Gasteiger charge is -2.25. The Morgan fingerprint density at radius 2 is 1.98 bits per heavy atom. The van der Waals surface area contributed by atoms with Gasteiger partial charge in [-0.2, -0.15) is 13.2 Å². The molecule has 1 amide bonds. The predicted octanol–water partition coefficient (Wildman–Crippen LogP) is 5.11. The largest absolute Gasteiger partial charge is 0.453 e. The van der Waals surface area contributed by atoms with E-state index in [1.807, 2.05) is 0 Å². The molecule has 1 fully saturated rings. The lowest BCUT2D eigenvalue weighted by molar-refractivity contribution is -0.136. The number of rotatable bonds is 5. The number of ether oxygens (including phenoxy) is 1. The topological polar surface area (TPSA) is 123 Å². The molecule has 1 aliphatic carbocycles. The molecule has 218 valence electrons. The number of alkyl halides is 3. The van der Waals surface area contributed by atoms with Gasteiger partial charge in [0.25, 0.3) is 0 Å². The maximum atomic E-state index is 13.9. The molecule has 3 aromatic heterocycles. The van der Waals surface area contributed by atoms with Crippen molar-refractivity contribution in [1.29, 1.82) is 0 Å². The van der Waals surface area contributed by atoms with Crippen molar-refractivity contribution in [2.45, 2.75) is 63.4 Å². The quantitative estimate of drug-likeness (QED) is 0.302. The third kappa shape index (κ3) is 5.21. The fraction of sp³-hybridized carbons (Fsp3) is 0.429. The number of alkyl carbamates (subject to hydrolysis) is 1. The van der Waals surface area contributed by atoms with Crippen molar-refractivity contribution in [3.8, 4) is 0 Å². The van der Waals surface area contributed by atoms with Crippen LogP contribution in [0.1, 0.15) is 61.3 Å². The van der Waals surface area contributed by atoms with Gasteiger partial charge in [-0.3, -0.25) is 9.13 Å². The molecule has 41 heavy (non-hydrogen) atoms. The van der Waals surface area contributed by atoms with Crippen LogP contribution in [0.15, 0.2) is 41.3 Å². The second-order valence-electron chi connectivity index (χ2n) is 11.1. The average molecular weight is 576 g/mol. The van der Waals surface area contributed by atoms with Crippen molar-refractivity contribution < 1.29 is 31.9 Å². The van der Waals surface area contributed by atoms with Crippen LogP contribution in [0.25, 0.3) is 21.9 Å². The Labute approximate surface area is 237 Å². The van der Waals surface area contributed by atoms with Crippen LogP contribution in [0.2, 0.25) is 0 Å². The minimum atomic E-state index is -4.72. The lowest BCUT2D eigenvalue weighted by atomic mass is 9.93. The summed E-state index contributed by atoms with van der Waals surface area (Å²) in [7, 11) is 1.24. The molecular formula is C28H31F3N6O4. The number of nitrogens with zero attached hydrogens (tertiary/aromatic N) is 4. The van der Waals surface area contributed by atoms with E-state index in [9.17, 15) is 27.9 Å². The third-order valence-corrected chi connectivity index (χ3v) is 7.49. The number of methoxy groups -OCH3 is 1. The molecular weight excluding hydrogens is 541 g/mol. The van der Waals surface area contributed by atoms with E-state index >= 15 is 0 Å². The number of carbonyl (C=O) groups is 1. The summed E-state index contributed by atoms with van der Waals surface area (Å²) < 4.78 is 72.4. The van der Waals surface area contributed by atoms with E-state index in [0.29, 0.717) is 23.8 Å². The van der Waals surface area contributed by atoms with Gasteiger partial charge in [0.2, 0.25) is 0 Å². The maximum absolute atomic E-state index is 13.9. The zero-order chi connectivity index (χ0) is 32.4. The fourth-order valence-electron chi connectivity index (χ4n) is 5.56. The Morgan fingerprint density at radius 1 is 1.22 bits per heavy atom. The van der Waals surface area contributed by atoms with Crippen LogP contribution in [0.4, 0.5) is 29.6 Å². The number of pyridine rings is 2. The van der Waals surface area contributed by atoms with Gasteiger partial charge in [0, 0.05) is 34.1 Å². The third-order valence-electron chi connectivity index (χ3n) is 7.49. The van der Waals surface area contributed by atoms with Crippen molar-refractivity contribution in [1.82, 2.24) is 24.4 Å². The summed E-state index contributed by atoms with van der Waals surface area (Å²) in [5.41, 5.74) is -3.99. The number of aromatic nitrogens is 4. The Morgan fingerprint density at radius 3 is 2.63 bits per heavy atom. The molecule has 0 saturated heterocycles. The monoisotopic (exact) mass is 575 g/mol. The number of amides is 1. The molecule has 10 nitrogen and oxygen atoms in total. The van der Waals surface area contributed by atoms with Gasteiger partial charge in [0.15, 0.2) is 0 Å². The summed E-state index contributed by atoms with van der Waals surface area (Å²) in [4.78, 5) is 33.9. The molecule has 0 radical (unpaired) electrons. The summed E-state index contributed by atoms with van der Waals surface area (Å²) in [6.07, 6.45) is -2.93. The first kappa shape index (κ1) is 24.6. The molecule has 13 heteroatoms. The van der Waals surface area contributed by atoms with E-state index in [1.54, 1.807) is 6.92 Å². The van der Waals surface area contributed by atoms with Crippen molar-refractivity contribution >= 4 is 39.7 Å². The number of imidazole rings is 1. The SMILES string of the molecule is [2H]C([2H])([2H])n1c(=O)n([C@@H]2CC[C@](C)(NC(=O)OC)C2)c2cc(Nc3cc(C(C)(C)O)c4cccc(C(F)(F)F)c4n3)ncc21. The highest BCUT2D eigenvalue weighted by Gasteiger charge is 2.39. The summed E-state index contributed by atoms with van der Waals surface area (Å²) in [6.45, 7) is 1.85. The Hall–Kier alpha value is -4.13. The standard InChI is InChI=1S/C28H31F3N6O4/c1-26(2,40)18-11-22(34-23-16(18)7-6-8-17(23)28(29,30)31)33-21-12-19-20(14-32-21)36(4)25(39)37(19)15-9-10-27(3,13-15)35-24(38)41-5/h6-8,11-12,14-15,40H,9-10,13H2,1-5H3,(H,35,38)(H,32,33,34)/t15-,27+/m1/s1/i4D3. The molecule has 1 aromatic carbocycles. The Kier molecular flexibility index (Phi) is 5.86. The van der Waals surface area contributed by atoms with Crippen LogP contribution < -0.4 is 16.3 Å². The van der Waals surface area contributed by atoms with Gasteiger partial charge in [-0.15, -0.1) is 0 Å². The molecule has 5 rings (SSSR count). The molecule has 4 aromatic rings. The van der Waals surface area contributed by atoms with Gasteiger partial charge in [-0.25, -0.2) is 19.6 Å². The van der Waals surface area contributed by atoms with Gasteiger partial charge in [0.1, 0.15) is 11.6 Å². The van der Waals surface area contributed by atoms with Crippen molar-refractivity contribution in [3.05, 3.63) is 58.1 Å². The minimum absolute atomic E-state index is 0.0260. The smallest absolute Gasteiger partial charge is 0.418 e. The highest BCUT2D eigenvalue weighted by Crippen LogP contribution is 2.40. The highest BCUT2D eigenvalue weighted by molar-refractivity contribution is 5.88. The molecule has 1 saturated carbocycles. The Bertz CT molecular complexity index is 1830. The normalized spacial score (nSPS) is 21.0. The molecule has 0 aliphatic heterocycles. The number of para-hydroxylation sites is 1. The number of aliphatic hydroxyl groups is 1. The predicted molar refractivity (Wildman–Crippen MR) is 147 cm³/mol. The first-order chi connectivity index (χ1) is 20.3. The zero-order valence-corrected chi connectivity index (χ0v) is 22.8. The molecule has 2 atom stereocenters. The van der Waals surface area contributed by atoms with Crippen LogP contribution in [0.3, 0.4) is 0 Å². The number of hydrogen-bond acceptors (Lipinski definition) is 7. The van der Waals surface area contributed by atoms with E-state index in [4.69, 9.17) is 8.85 Å². The average Bonchev–Trinajstić information content (AvgIpc) is 3.42. The molecule has 0 bridgehead atoms. The minimum Gasteiger partial charge on any atom is -0.453 e. The number of carbonyl (C=O) groups excluding carboxylic acids is 1. The molecule has 3 N–H and O–H groups in total. The van der Waals surface area contributed by atoms with E-state index in [0.717, 1.165) is 6.07 Å². The van der Waals surface area contributed by atoms with Crippen LogP contribution in [0.5, 0.6) is 0 Å². The maximum Gasteiger partial charge on any atom is 0.418 e. The molecule has 0 spiro atoms. The molecule has 0 unspecified atom stereocenters. The second kappa shape index (κ2) is 9.75. The number of benzene rings is 1. The van der Waals surface area contributed by atoms with Gasteiger partial charge >= 0.3 is 18.0 Å². The van der Waals surface area contributed by atoms with Crippen LogP contribution in [0, 0.1) is 0 Å². The van der Waals surface area contributed by atoms with E-state index in [-0.39, 0.29) is 39.1 Å². The van der Waals surface area contributed by atoms with Crippen molar-refractivity contribution in [2.24, 2.45) is 6.98 Å². The molecule has 1 aliphatic rings. The lowest BCUT2D eigenvalue weighted by Crippen LogP contribution is -2.44. The van der Waals surface area contributed by atoms with E-state index in [1.165, 1.54) is 56.0 Å². The number of aryl methyl sites for hydroxylation is 1. The summed E-state index contributed by atoms with van der Waals surface area (Å²) >= 11 is 0. The van der Waals surface area contributed by atoms with Crippen LogP contribution in [-0.4, -0.2) is 43.0 Å². The van der Waals surface area contributed by atoms with E-state index in [2.05, 4.69) is 20.6 Å². The summed E-state index contributed by atoms with van der Waals surface area (Å²) in [6, 6.07) is 5.93. The van der Waals surface area contributed by atoms with Crippen molar-refractivity contribution in [3.63, 3.8) is 0 Å². The van der Waals surface area contributed by atoms with E-state index < -0.39 is 47.7 Å². The first-order valence-corrected chi connectivity index (χ1v) is 12.8. The van der Waals surface area contributed by atoms with Gasteiger partial charge in [0.05, 0.1) is 41.0 Å². The number of hydrogen-bond donors (Lipinski definition) is 3. The van der Waals surface area contributed by atoms with Gasteiger partial charge in [-0.1, -0.05) is 12.1 Å².